The Labute approximate surface area is 136 Å². The van der Waals surface area contributed by atoms with Gasteiger partial charge in [0.1, 0.15) is 5.75 Å². The van der Waals surface area contributed by atoms with E-state index in [2.05, 4.69) is 17.0 Å². The van der Waals surface area contributed by atoms with Gasteiger partial charge in [-0.05, 0) is 61.7 Å². The fourth-order valence-electron chi connectivity index (χ4n) is 2.80. The van der Waals surface area contributed by atoms with Crippen LogP contribution in [0.3, 0.4) is 0 Å². The lowest BCUT2D eigenvalue weighted by molar-refractivity contribution is 0.417. The van der Waals surface area contributed by atoms with Crippen molar-refractivity contribution >= 4 is 21.4 Å². The third-order valence-electron chi connectivity index (χ3n) is 3.91. The Morgan fingerprint density at radius 2 is 2.00 bits per heavy atom. The van der Waals surface area contributed by atoms with E-state index >= 15 is 0 Å². The quantitative estimate of drug-likeness (QED) is 0.902. The number of hydrogen-bond acceptors (Lipinski definition) is 4. The molecular formula is C17H20N2O3S. The molecule has 1 aliphatic rings. The van der Waals surface area contributed by atoms with Crippen molar-refractivity contribution in [3.63, 3.8) is 0 Å². The Bertz CT molecular complexity index is 847. The van der Waals surface area contributed by atoms with Gasteiger partial charge in [0.15, 0.2) is 0 Å². The molecule has 0 fully saturated rings. The largest absolute Gasteiger partial charge is 0.495 e. The molecule has 2 N–H and O–H groups in total. The number of fused-ring (bicyclic) bond motifs is 1. The summed E-state index contributed by atoms with van der Waals surface area (Å²) in [6, 6.07) is 10.9. The fraction of sp³-hybridized carbons (Fsp3) is 0.294. The van der Waals surface area contributed by atoms with Crippen molar-refractivity contribution < 1.29 is 13.2 Å². The Hall–Kier alpha value is -2.21. The molecule has 0 radical (unpaired) electrons. The summed E-state index contributed by atoms with van der Waals surface area (Å²) in [5.41, 5.74) is 3.43. The molecule has 1 aliphatic heterocycles. The van der Waals surface area contributed by atoms with Gasteiger partial charge in [-0.2, -0.15) is 0 Å². The third kappa shape index (κ3) is 3.12. The molecule has 0 amide bonds. The molecule has 0 saturated carbocycles. The van der Waals surface area contributed by atoms with Gasteiger partial charge in [0.2, 0.25) is 0 Å². The second kappa shape index (κ2) is 5.77. The first-order chi connectivity index (χ1) is 10.9. The van der Waals surface area contributed by atoms with Crippen molar-refractivity contribution in [3.8, 4) is 5.75 Å². The summed E-state index contributed by atoms with van der Waals surface area (Å²) in [6.45, 7) is 3.98. The number of sulfonamides is 1. The van der Waals surface area contributed by atoms with Gasteiger partial charge < -0.3 is 10.1 Å². The smallest absolute Gasteiger partial charge is 0.262 e. The lowest BCUT2D eigenvalue weighted by atomic mass is 10.1. The molecule has 23 heavy (non-hydrogen) atoms. The summed E-state index contributed by atoms with van der Waals surface area (Å²) in [5, 5.41) is 3.32. The highest BCUT2D eigenvalue weighted by Gasteiger charge is 2.22. The number of methoxy groups -OCH3 is 1. The molecule has 0 spiro atoms. The van der Waals surface area contributed by atoms with E-state index < -0.39 is 10.0 Å². The van der Waals surface area contributed by atoms with Gasteiger partial charge in [-0.1, -0.05) is 6.07 Å². The second-order valence-electron chi connectivity index (χ2n) is 5.88. The Morgan fingerprint density at radius 3 is 2.74 bits per heavy atom. The van der Waals surface area contributed by atoms with Crippen molar-refractivity contribution in [3.05, 3.63) is 47.5 Å². The van der Waals surface area contributed by atoms with E-state index in [-0.39, 0.29) is 4.90 Å². The lowest BCUT2D eigenvalue weighted by Crippen LogP contribution is -2.14. The maximum absolute atomic E-state index is 12.7. The van der Waals surface area contributed by atoms with Gasteiger partial charge in [-0.15, -0.1) is 0 Å². The van der Waals surface area contributed by atoms with Crippen LogP contribution in [0.2, 0.25) is 0 Å². The first-order valence-corrected chi connectivity index (χ1v) is 8.94. The Balaban J connectivity index is 1.94. The molecular weight excluding hydrogens is 312 g/mol. The number of hydrogen-bond donors (Lipinski definition) is 2. The zero-order valence-corrected chi connectivity index (χ0v) is 14.2. The van der Waals surface area contributed by atoms with Crippen molar-refractivity contribution in [1.82, 2.24) is 0 Å². The van der Waals surface area contributed by atoms with E-state index in [0.29, 0.717) is 17.5 Å². The molecule has 2 aromatic rings. The summed E-state index contributed by atoms with van der Waals surface area (Å²) in [7, 11) is -2.14. The lowest BCUT2D eigenvalue weighted by Gasteiger charge is -2.13. The predicted octanol–water partition coefficient (Wildman–Crippen LogP) is 3.16. The van der Waals surface area contributed by atoms with Crippen molar-refractivity contribution in [2.45, 2.75) is 31.2 Å². The van der Waals surface area contributed by atoms with Gasteiger partial charge in [0.25, 0.3) is 10.0 Å². The number of benzene rings is 2. The van der Waals surface area contributed by atoms with Crippen LogP contribution in [0.15, 0.2) is 41.3 Å². The molecule has 0 bridgehead atoms. The number of ether oxygens (including phenoxy) is 1. The Kier molecular flexibility index (Phi) is 3.93. The van der Waals surface area contributed by atoms with Gasteiger partial charge in [0.05, 0.1) is 17.7 Å². The first kappa shape index (κ1) is 15.7. The maximum Gasteiger partial charge on any atom is 0.262 e. The van der Waals surface area contributed by atoms with E-state index in [1.807, 2.05) is 19.1 Å². The predicted molar refractivity (Wildman–Crippen MR) is 91.8 cm³/mol. The maximum atomic E-state index is 12.7. The third-order valence-corrected chi connectivity index (χ3v) is 5.28. The zero-order valence-electron chi connectivity index (χ0n) is 13.4. The van der Waals surface area contributed by atoms with Crippen LogP contribution in [0.5, 0.6) is 5.75 Å². The van der Waals surface area contributed by atoms with Crippen molar-refractivity contribution in [2.75, 3.05) is 17.1 Å². The summed E-state index contributed by atoms with van der Waals surface area (Å²) >= 11 is 0. The number of aryl methyl sites for hydroxylation is 1. The van der Waals surface area contributed by atoms with Crippen LogP contribution in [0.4, 0.5) is 11.4 Å². The minimum Gasteiger partial charge on any atom is -0.495 e. The molecule has 1 heterocycles. The van der Waals surface area contributed by atoms with Gasteiger partial charge in [-0.25, -0.2) is 8.42 Å². The van der Waals surface area contributed by atoms with E-state index in [9.17, 15) is 8.42 Å². The number of rotatable bonds is 4. The minimum atomic E-state index is -3.66. The molecule has 3 rings (SSSR count). The number of anilines is 2. The van der Waals surface area contributed by atoms with E-state index in [1.165, 1.54) is 7.11 Å². The van der Waals surface area contributed by atoms with Crippen LogP contribution < -0.4 is 14.8 Å². The van der Waals surface area contributed by atoms with Crippen LogP contribution in [-0.2, 0) is 16.4 Å². The van der Waals surface area contributed by atoms with Gasteiger partial charge in [-0.3, -0.25) is 4.72 Å². The molecule has 0 aliphatic carbocycles. The Morgan fingerprint density at radius 1 is 1.22 bits per heavy atom. The molecule has 0 saturated heterocycles. The number of nitrogens with one attached hydrogen (secondary N) is 2. The average Bonchev–Trinajstić information content (AvgIpc) is 2.86. The van der Waals surface area contributed by atoms with Crippen molar-refractivity contribution in [1.29, 1.82) is 0 Å². The standard InChI is InChI=1S/C17H20N2O3S/c1-11-4-7-17(22-3)16(8-11)19-23(20,21)14-5-6-15-13(10-14)9-12(2)18-15/h4-8,10,12,18-19H,9H2,1-3H3. The summed E-state index contributed by atoms with van der Waals surface area (Å²) < 4.78 is 33.2. The van der Waals surface area contributed by atoms with Crippen LogP contribution in [0, 0.1) is 6.92 Å². The topological polar surface area (TPSA) is 67.4 Å². The average molecular weight is 332 g/mol. The molecule has 5 nitrogen and oxygen atoms in total. The highest BCUT2D eigenvalue weighted by Crippen LogP contribution is 2.31. The molecule has 122 valence electrons. The summed E-state index contributed by atoms with van der Waals surface area (Å²) in [5.74, 6) is 0.496. The van der Waals surface area contributed by atoms with Gasteiger partial charge in [0, 0.05) is 11.7 Å². The van der Waals surface area contributed by atoms with E-state index in [4.69, 9.17) is 4.74 Å². The molecule has 2 aromatic carbocycles. The van der Waals surface area contributed by atoms with Crippen molar-refractivity contribution in [2.24, 2.45) is 0 Å². The molecule has 0 aromatic heterocycles. The van der Waals surface area contributed by atoms with Crippen LogP contribution in [-0.4, -0.2) is 21.6 Å². The fourth-order valence-corrected chi connectivity index (χ4v) is 3.91. The molecule has 1 atom stereocenters. The summed E-state index contributed by atoms with van der Waals surface area (Å²) in [6.07, 6.45) is 0.826. The second-order valence-corrected chi connectivity index (χ2v) is 7.56. The normalized spacial score (nSPS) is 16.6. The minimum absolute atomic E-state index is 0.260. The molecule has 1 unspecified atom stereocenters. The van der Waals surface area contributed by atoms with E-state index in [1.54, 1.807) is 24.3 Å². The monoisotopic (exact) mass is 332 g/mol. The van der Waals surface area contributed by atoms with Gasteiger partial charge >= 0.3 is 0 Å². The highest BCUT2D eigenvalue weighted by atomic mass is 32.2. The van der Waals surface area contributed by atoms with Crippen LogP contribution in [0.1, 0.15) is 18.1 Å². The molecule has 6 heteroatoms. The van der Waals surface area contributed by atoms with E-state index in [0.717, 1.165) is 23.2 Å². The summed E-state index contributed by atoms with van der Waals surface area (Å²) in [4.78, 5) is 0.260. The first-order valence-electron chi connectivity index (χ1n) is 7.46. The van der Waals surface area contributed by atoms with Crippen LogP contribution in [0.25, 0.3) is 0 Å². The van der Waals surface area contributed by atoms with Crippen LogP contribution >= 0.6 is 0 Å². The highest BCUT2D eigenvalue weighted by molar-refractivity contribution is 7.92. The SMILES string of the molecule is COc1ccc(C)cc1NS(=O)(=O)c1ccc2c(c1)CC(C)N2. The zero-order chi connectivity index (χ0) is 16.6.